The summed E-state index contributed by atoms with van der Waals surface area (Å²) in [7, 11) is -4.06. The van der Waals surface area contributed by atoms with E-state index in [9.17, 15) is 13.2 Å². The van der Waals surface area contributed by atoms with Gasteiger partial charge >= 0.3 is 6.03 Å². The Bertz CT molecular complexity index is 778. The molecule has 0 spiro atoms. The average molecular weight is 345 g/mol. The van der Waals surface area contributed by atoms with Gasteiger partial charge < -0.3 is 5.32 Å². The summed E-state index contributed by atoms with van der Waals surface area (Å²) in [5.74, 6) is 0. The lowest BCUT2D eigenvalue weighted by Gasteiger charge is -2.10. The number of rotatable bonds is 3. The molecule has 0 aliphatic rings. The van der Waals surface area contributed by atoms with Crippen LogP contribution in [0.3, 0.4) is 0 Å². The molecule has 0 heterocycles. The molecule has 2 amide bonds. The summed E-state index contributed by atoms with van der Waals surface area (Å²) in [6.07, 6.45) is 0. The van der Waals surface area contributed by atoms with Crippen molar-refractivity contribution < 1.29 is 13.2 Å². The molecule has 0 aromatic heterocycles. The van der Waals surface area contributed by atoms with Gasteiger partial charge in [0.2, 0.25) is 0 Å². The highest BCUT2D eigenvalue weighted by molar-refractivity contribution is 7.90. The first-order valence-electron chi connectivity index (χ1n) is 5.73. The number of benzene rings is 2. The lowest BCUT2D eigenvalue weighted by atomic mass is 10.3. The van der Waals surface area contributed by atoms with E-state index in [1.54, 1.807) is 30.3 Å². The maximum Gasteiger partial charge on any atom is 0.333 e. The van der Waals surface area contributed by atoms with Crippen molar-refractivity contribution in [3.8, 4) is 0 Å². The fourth-order valence-corrected chi connectivity index (χ4v) is 3.16. The van der Waals surface area contributed by atoms with Crippen LogP contribution in [0.1, 0.15) is 0 Å². The Labute approximate surface area is 131 Å². The molecule has 2 rings (SSSR count). The summed E-state index contributed by atoms with van der Waals surface area (Å²) in [4.78, 5) is 11.6. The van der Waals surface area contributed by atoms with Crippen molar-refractivity contribution in [2.24, 2.45) is 0 Å². The monoisotopic (exact) mass is 344 g/mol. The number of urea groups is 1. The highest BCUT2D eigenvalue weighted by Gasteiger charge is 2.20. The minimum absolute atomic E-state index is 0.0237. The molecule has 0 aliphatic heterocycles. The Balaban J connectivity index is 2.16. The second-order valence-corrected chi connectivity index (χ2v) is 6.44. The number of amides is 2. The van der Waals surface area contributed by atoms with Crippen molar-refractivity contribution in [1.82, 2.24) is 4.72 Å². The Morgan fingerprint density at radius 2 is 1.48 bits per heavy atom. The van der Waals surface area contributed by atoms with Crippen LogP contribution in [0.2, 0.25) is 10.0 Å². The molecule has 0 saturated carbocycles. The predicted molar refractivity (Wildman–Crippen MR) is 82.2 cm³/mol. The summed E-state index contributed by atoms with van der Waals surface area (Å²) < 4.78 is 26.0. The summed E-state index contributed by atoms with van der Waals surface area (Å²) in [5.41, 5.74) is 0.297. The van der Waals surface area contributed by atoms with Gasteiger partial charge in [-0.15, -0.1) is 0 Å². The number of hydrogen-bond acceptors (Lipinski definition) is 3. The van der Waals surface area contributed by atoms with Crippen molar-refractivity contribution in [2.45, 2.75) is 4.90 Å². The molecule has 110 valence electrons. The van der Waals surface area contributed by atoms with E-state index in [4.69, 9.17) is 23.2 Å². The topological polar surface area (TPSA) is 75.3 Å². The Morgan fingerprint density at radius 1 is 0.905 bits per heavy atom. The number of carbonyl (C=O) groups excluding carboxylic acids is 1. The van der Waals surface area contributed by atoms with Crippen LogP contribution < -0.4 is 10.0 Å². The first-order valence-corrected chi connectivity index (χ1v) is 7.97. The van der Waals surface area contributed by atoms with E-state index >= 15 is 0 Å². The van der Waals surface area contributed by atoms with Crippen LogP contribution in [0, 0.1) is 0 Å². The van der Waals surface area contributed by atoms with Gasteiger partial charge in [-0.2, -0.15) is 0 Å². The smallest absolute Gasteiger partial charge is 0.306 e. The van der Waals surface area contributed by atoms with Crippen LogP contribution >= 0.6 is 23.2 Å². The van der Waals surface area contributed by atoms with Gasteiger partial charge in [0.05, 0.1) is 15.7 Å². The third-order valence-electron chi connectivity index (χ3n) is 2.48. The molecular formula is C13H10Cl2N2O3S. The lowest BCUT2D eigenvalue weighted by Crippen LogP contribution is -2.34. The third-order valence-corrected chi connectivity index (χ3v) is 4.64. The number of halogens is 2. The number of sulfonamides is 1. The van der Waals surface area contributed by atoms with Crippen LogP contribution in [-0.4, -0.2) is 14.4 Å². The Kier molecular flexibility index (Phi) is 4.72. The average Bonchev–Trinajstić information content (AvgIpc) is 2.41. The van der Waals surface area contributed by atoms with E-state index < -0.39 is 16.1 Å². The molecule has 0 saturated heterocycles. The maximum atomic E-state index is 12.0. The Morgan fingerprint density at radius 3 is 2.10 bits per heavy atom. The molecule has 0 atom stereocenters. The third kappa shape index (κ3) is 3.87. The van der Waals surface area contributed by atoms with Crippen LogP contribution in [0.4, 0.5) is 10.5 Å². The van der Waals surface area contributed by atoms with E-state index in [1.165, 1.54) is 18.2 Å². The van der Waals surface area contributed by atoms with Crippen molar-refractivity contribution in [1.29, 1.82) is 0 Å². The molecule has 0 bridgehead atoms. The van der Waals surface area contributed by atoms with Gasteiger partial charge in [0, 0.05) is 0 Å². The summed E-state index contributed by atoms with van der Waals surface area (Å²) >= 11 is 11.7. The molecule has 0 fully saturated rings. The number of hydrogen-bond donors (Lipinski definition) is 2. The second kappa shape index (κ2) is 6.34. The van der Waals surface area contributed by atoms with E-state index in [1.807, 2.05) is 4.72 Å². The number of para-hydroxylation sites is 1. The standard InChI is InChI=1S/C13H10Cl2N2O3S/c14-9-5-1-3-7-11(9)16-13(18)17-21(19,20)12-8-4-2-6-10(12)15/h1-8H,(H2,16,17,18). The van der Waals surface area contributed by atoms with Gasteiger partial charge in [-0.3, -0.25) is 0 Å². The van der Waals surface area contributed by atoms with Gasteiger partial charge in [-0.05, 0) is 24.3 Å². The highest BCUT2D eigenvalue weighted by Crippen LogP contribution is 2.22. The van der Waals surface area contributed by atoms with Crippen molar-refractivity contribution in [2.75, 3.05) is 5.32 Å². The van der Waals surface area contributed by atoms with Gasteiger partial charge in [-0.1, -0.05) is 47.5 Å². The normalized spacial score (nSPS) is 11.0. The van der Waals surface area contributed by atoms with Gasteiger partial charge in [0.15, 0.2) is 0 Å². The molecule has 2 aromatic rings. The molecule has 0 unspecified atom stereocenters. The Hall–Kier alpha value is -1.76. The fourth-order valence-electron chi connectivity index (χ4n) is 1.55. The predicted octanol–water partition coefficient (Wildman–Crippen LogP) is 3.50. The van der Waals surface area contributed by atoms with E-state index in [0.29, 0.717) is 10.7 Å². The summed E-state index contributed by atoms with van der Waals surface area (Å²) in [6.45, 7) is 0. The SMILES string of the molecule is O=C(Nc1ccccc1Cl)NS(=O)(=O)c1ccccc1Cl. The van der Waals surface area contributed by atoms with Gasteiger partial charge in [0.1, 0.15) is 4.90 Å². The van der Waals surface area contributed by atoms with E-state index in [2.05, 4.69) is 5.32 Å². The van der Waals surface area contributed by atoms with Crippen molar-refractivity contribution in [3.63, 3.8) is 0 Å². The number of carbonyl (C=O) groups is 1. The zero-order chi connectivity index (χ0) is 15.5. The lowest BCUT2D eigenvalue weighted by molar-refractivity contribution is 0.256. The summed E-state index contributed by atoms with van der Waals surface area (Å²) in [6, 6.07) is 11.3. The first kappa shape index (κ1) is 15.6. The van der Waals surface area contributed by atoms with Crippen LogP contribution in [0.15, 0.2) is 53.4 Å². The van der Waals surface area contributed by atoms with Crippen LogP contribution in [0.25, 0.3) is 0 Å². The molecular weight excluding hydrogens is 335 g/mol. The van der Waals surface area contributed by atoms with Crippen molar-refractivity contribution in [3.05, 3.63) is 58.6 Å². The number of nitrogens with one attached hydrogen (secondary N) is 2. The van der Waals surface area contributed by atoms with Gasteiger partial charge in [-0.25, -0.2) is 17.9 Å². The van der Waals surface area contributed by atoms with E-state index in [-0.39, 0.29) is 9.92 Å². The molecule has 0 radical (unpaired) electrons. The molecule has 5 nitrogen and oxygen atoms in total. The van der Waals surface area contributed by atoms with Gasteiger partial charge in [0.25, 0.3) is 10.0 Å². The fraction of sp³-hybridized carbons (Fsp3) is 0. The zero-order valence-corrected chi connectivity index (χ0v) is 12.8. The second-order valence-electron chi connectivity index (χ2n) is 3.97. The van der Waals surface area contributed by atoms with Crippen molar-refractivity contribution >= 4 is 44.9 Å². The minimum Gasteiger partial charge on any atom is -0.306 e. The maximum absolute atomic E-state index is 12.0. The van der Waals surface area contributed by atoms with Crippen LogP contribution in [-0.2, 0) is 10.0 Å². The summed E-state index contributed by atoms with van der Waals surface area (Å²) in [5, 5.41) is 2.67. The molecule has 21 heavy (non-hydrogen) atoms. The molecule has 0 aliphatic carbocycles. The number of anilines is 1. The minimum atomic E-state index is -4.06. The molecule has 8 heteroatoms. The largest absolute Gasteiger partial charge is 0.333 e. The molecule has 2 N–H and O–H groups in total. The zero-order valence-electron chi connectivity index (χ0n) is 10.5. The van der Waals surface area contributed by atoms with E-state index in [0.717, 1.165) is 0 Å². The first-order chi connectivity index (χ1) is 9.90. The highest BCUT2D eigenvalue weighted by atomic mass is 35.5. The molecule has 2 aromatic carbocycles. The van der Waals surface area contributed by atoms with Crippen LogP contribution in [0.5, 0.6) is 0 Å². The quantitative estimate of drug-likeness (QED) is 0.894.